The summed E-state index contributed by atoms with van der Waals surface area (Å²) in [7, 11) is 0. The van der Waals surface area contributed by atoms with E-state index >= 15 is 0 Å². The van der Waals surface area contributed by atoms with Crippen LogP contribution in [0.3, 0.4) is 0 Å². The Hall–Kier alpha value is -2.47. The van der Waals surface area contributed by atoms with Crippen molar-refractivity contribution in [1.29, 1.82) is 0 Å². The fraction of sp³-hybridized carbons (Fsp3) is 0. The maximum absolute atomic E-state index is 13.5. The molecule has 0 aliphatic carbocycles. The lowest BCUT2D eigenvalue weighted by Gasteiger charge is -2.08. The maximum atomic E-state index is 13.5. The predicted octanol–water partition coefficient (Wildman–Crippen LogP) is 5.49. The number of hydrogen-bond acceptors (Lipinski definition) is 2. The molecule has 0 radical (unpaired) electrons. The summed E-state index contributed by atoms with van der Waals surface area (Å²) >= 11 is 3.38. The lowest BCUT2D eigenvalue weighted by molar-refractivity contribution is 0.215. The SMILES string of the molecule is O=C(Nc1cc(F)ccc1F)Oc1ccc2cc(Br)ccc2c1. The molecule has 3 aromatic rings. The predicted molar refractivity (Wildman–Crippen MR) is 87.7 cm³/mol. The topological polar surface area (TPSA) is 38.3 Å². The van der Waals surface area contributed by atoms with E-state index < -0.39 is 17.7 Å². The summed E-state index contributed by atoms with van der Waals surface area (Å²) in [6.45, 7) is 0. The smallest absolute Gasteiger partial charge is 0.410 e. The van der Waals surface area contributed by atoms with Crippen molar-refractivity contribution in [1.82, 2.24) is 0 Å². The Morgan fingerprint density at radius 3 is 2.52 bits per heavy atom. The molecule has 0 saturated heterocycles. The molecule has 0 heterocycles. The van der Waals surface area contributed by atoms with Crippen LogP contribution < -0.4 is 10.1 Å². The quantitative estimate of drug-likeness (QED) is 0.640. The van der Waals surface area contributed by atoms with Gasteiger partial charge < -0.3 is 4.74 Å². The van der Waals surface area contributed by atoms with Crippen molar-refractivity contribution < 1.29 is 18.3 Å². The molecule has 1 N–H and O–H groups in total. The molecule has 0 aliphatic rings. The molecular formula is C17H10BrF2NO2. The van der Waals surface area contributed by atoms with Crippen molar-refractivity contribution in [3.63, 3.8) is 0 Å². The molecule has 0 atom stereocenters. The van der Waals surface area contributed by atoms with Gasteiger partial charge in [-0.1, -0.05) is 28.1 Å². The highest BCUT2D eigenvalue weighted by Gasteiger charge is 2.10. The Bertz CT molecular complexity index is 899. The van der Waals surface area contributed by atoms with Crippen LogP contribution in [0.2, 0.25) is 0 Å². The summed E-state index contributed by atoms with van der Waals surface area (Å²) in [5.41, 5.74) is -0.278. The minimum Gasteiger partial charge on any atom is -0.410 e. The van der Waals surface area contributed by atoms with Gasteiger partial charge in [-0.15, -0.1) is 0 Å². The Morgan fingerprint density at radius 2 is 1.70 bits per heavy atom. The molecular weight excluding hydrogens is 368 g/mol. The number of benzene rings is 3. The van der Waals surface area contributed by atoms with E-state index in [1.165, 1.54) is 0 Å². The minimum atomic E-state index is -0.897. The van der Waals surface area contributed by atoms with E-state index in [2.05, 4.69) is 21.2 Å². The number of nitrogens with one attached hydrogen (secondary N) is 1. The first-order valence-electron chi connectivity index (χ1n) is 6.64. The van der Waals surface area contributed by atoms with Crippen LogP contribution in [0.4, 0.5) is 19.3 Å². The fourth-order valence-corrected chi connectivity index (χ4v) is 2.47. The van der Waals surface area contributed by atoms with Gasteiger partial charge in [0, 0.05) is 10.5 Å². The zero-order valence-electron chi connectivity index (χ0n) is 11.6. The molecule has 6 heteroatoms. The maximum Gasteiger partial charge on any atom is 0.417 e. The van der Waals surface area contributed by atoms with Crippen LogP contribution >= 0.6 is 15.9 Å². The van der Waals surface area contributed by atoms with Crippen LogP contribution in [0.1, 0.15) is 0 Å². The molecule has 3 nitrogen and oxygen atoms in total. The largest absolute Gasteiger partial charge is 0.417 e. The van der Waals surface area contributed by atoms with E-state index in [-0.39, 0.29) is 5.69 Å². The lowest BCUT2D eigenvalue weighted by Crippen LogP contribution is -2.17. The second-order valence-electron chi connectivity index (χ2n) is 4.79. The van der Waals surface area contributed by atoms with Gasteiger partial charge in [0.2, 0.25) is 0 Å². The number of hydrogen-bond donors (Lipinski definition) is 1. The van der Waals surface area contributed by atoms with Gasteiger partial charge in [0.25, 0.3) is 0 Å². The molecule has 0 unspecified atom stereocenters. The molecule has 0 saturated carbocycles. The van der Waals surface area contributed by atoms with Gasteiger partial charge in [-0.05, 0) is 47.2 Å². The average molecular weight is 378 g/mol. The van der Waals surface area contributed by atoms with Gasteiger partial charge in [-0.3, -0.25) is 5.32 Å². The number of anilines is 1. The molecule has 0 spiro atoms. The molecule has 0 aliphatic heterocycles. The van der Waals surface area contributed by atoms with Gasteiger partial charge in [0.15, 0.2) is 0 Å². The average Bonchev–Trinajstić information content (AvgIpc) is 2.51. The number of carbonyl (C=O) groups excluding carboxylic acids is 1. The number of fused-ring (bicyclic) bond motifs is 1. The van der Waals surface area contributed by atoms with Gasteiger partial charge in [0.1, 0.15) is 17.4 Å². The third kappa shape index (κ3) is 3.65. The van der Waals surface area contributed by atoms with E-state index in [4.69, 9.17) is 4.74 Å². The molecule has 116 valence electrons. The highest BCUT2D eigenvalue weighted by Crippen LogP contribution is 2.24. The second-order valence-corrected chi connectivity index (χ2v) is 5.71. The molecule has 3 aromatic carbocycles. The Balaban J connectivity index is 1.77. The van der Waals surface area contributed by atoms with Crippen LogP contribution in [-0.4, -0.2) is 6.09 Å². The summed E-state index contributed by atoms with van der Waals surface area (Å²) in [4.78, 5) is 11.8. The van der Waals surface area contributed by atoms with E-state index in [0.717, 1.165) is 33.4 Å². The number of amides is 1. The van der Waals surface area contributed by atoms with Gasteiger partial charge >= 0.3 is 6.09 Å². The second kappa shape index (κ2) is 6.34. The molecule has 23 heavy (non-hydrogen) atoms. The Labute approximate surface area is 139 Å². The summed E-state index contributed by atoms with van der Waals surface area (Å²) in [5, 5.41) is 4.03. The Kier molecular flexibility index (Phi) is 4.25. The zero-order chi connectivity index (χ0) is 16.4. The van der Waals surface area contributed by atoms with Crippen molar-refractivity contribution in [3.8, 4) is 5.75 Å². The summed E-state index contributed by atoms with van der Waals surface area (Å²) in [6, 6.07) is 13.6. The molecule has 0 bridgehead atoms. The molecule has 3 rings (SSSR count). The van der Waals surface area contributed by atoms with Crippen LogP contribution in [0.5, 0.6) is 5.75 Å². The first-order chi connectivity index (χ1) is 11.0. The first-order valence-corrected chi connectivity index (χ1v) is 7.44. The standard InChI is InChI=1S/C17H10BrF2NO2/c18-12-3-1-11-8-14(5-2-10(11)7-12)23-17(22)21-16-9-13(19)4-6-15(16)20/h1-9H,(H,21,22). The highest BCUT2D eigenvalue weighted by molar-refractivity contribution is 9.10. The number of rotatable bonds is 2. The van der Waals surface area contributed by atoms with E-state index in [0.29, 0.717) is 5.75 Å². The summed E-state index contributed by atoms with van der Waals surface area (Å²) in [6.07, 6.45) is -0.897. The molecule has 1 amide bonds. The van der Waals surface area contributed by atoms with Gasteiger partial charge in [-0.2, -0.15) is 0 Å². The fourth-order valence-electron chi connectivity index (χ4n) is 2.09. The first kappa shape index (κ1) is 15.4. The minimum absolute atomic E-state index is 0.278. The zero-order valence-corrected chi connectivity index (χ0v) is 13.2. The van der Waals surface area contributed by atoms with Crippen molar-refractivity contribution in [3.05, 3.63) is 70.7 Å². The van der Waals surface area contributed by atoms with Gasteiger partial charge in [-0.25, -0.2) is 13.6 Å². The third-order valence-electron chi connectivity index (χ3n) is 3.15. The van der Waals surface area contributed by atoms with Crippen LogP contribution in [0.15, 0.2) is 59.1 Å². The van der Waals surface area contributed by atoms with Crippen molar-refractivity contribution in [2.24, 2.45) is 0 Å². The van der Waals surface area contributed by atoms with Crippen LogP contribution in [0.25, 0.3) is 10.8 Å². The Morgan fingerprint density at radius 1 is 0.957 bits per heavy atom. The van der Waals surface area contributed by atoms with E-state index in [1.54, 1.807) is 18.2 Å². The molecule has 0 aromatic heterocycles. The number of carbonyl (C=O) groups is 1. The monoisotopic (exact) mass is 377 g/mol. The van der Waals surface area contributed by atoms with Crippen LogP contribution in [-0.2, 0) is 0 Å². The normalized spacial score (nSPS) is 10.6. The third-order valence-corrected chi connectivity index (χ3v) is 3.64. The van der Waals surface area contributed by atoms with E-state index in [9.17, 15) is 13.6 Å². The van der Waals surface area contributed by atoms with Crippen molar-refractivity contribution in [2.75, 3.05) is 5.32 Å². The van der Waals surface area contributed by atoms with Crippen LogP contribution in [0, 0.1) is 11.6 Å². The summed E-state index contributed by atoms with van der Waals surface area (Å²) in [5.74, 6) is -1.10. The number of halogens is 3. The summed E-state index contributed by atoms with van der Waals surface area (Å²) < 4.78 is 32.6. The molecule has 0 fully saturated rings. The lowest BCUT2D eigenvalue weighted by atomic mass is 10.1. The van der Waals surface area contributed by atoms with E-state index in [1.807, 2.05) is 18.2 Å². The number of ether oxygens (including phenoxy) is 1. The van der Waals surface area contributed by atoms with Crippen molar-refractivity contribution >= 4 is 38.5 Å². The van der Waals surface area contributed by atoms with Gasteiger partial charge in [0.05, 0.1) is 5.69 Å². The highest BCUT2D eigenvalue weighted by atomic mass is 79.9. The van der Waals surface area contributed by atoms with Crippen molar-refractivity contribution in [2.45, 2.75) is 0 Å².